The molecule has 6 heavy (non-hydrogen) atoms. The normalized spacial score (nSPS) is 11.5. The Morgan fingerprint density at radius 1 is 1.67 bits per heavy atom. The first-order valence-electron chi connectivity index (χ1n) is 1.92. The van der Waals surface area contributed by atoms with Gasteiger partial charge in [0.25, 0.3) is 0 Å². The minimum absolute atomic E-state index is 0.968. The maximum atomic E-state index is 3.81. The van der Waals surface area contributed by atoms with Gasteiger partial charge in [-0.3, -0.25) is 4.99 Å². The second-order valence-corrected chi connectivity index (χ2v) is 1.06. The molecule has 1 N–H and O–H groups in total. The zero-order chi connectivity index (χ0) is 4.99. The van der Waals surface area contributed by atoms with E-state index in [1.807, 2.05) is 14.0 Å². The first-order valence-corrected chi connectivity index (χ1v) is 1.92. The molecular weight excluding hydrogens is 76.1 g/mol. The molecule has 0 bridgehead atoms. The van der Waals surface area contributed by atoms with Crippen LogP contribution in [0.15, 0.2) is 4.99 Å². The van der Waals surface area contributed by atoms with Gasteiger partial charge < -0.3 is 5.32 Å². The maximum absolute atomic E-state index is 3.81. The van der Waals surface area contributed by atoms with Crippen LogP contribution in [0.4, 0.5) is 0 Å². The molecule has 2 nitrogen and oxygen atoms in total. The standard InChI is InChI=1S/C4H10N2/c1-4(5-2)6-3/h1-3H3,(H,5,6). The van der Waals surface area contributed by atoms with Crippen molar-refractivity contribution in [1.29, 1.82) is 0 Å². The highest BCUT2D eigenvalue weighted by atomic mass is 14.9. The third kappa shape index (κ3) is 1.76. The highest BCUT2D eigenvalue weighted by molar-refractivity contribution is 5.78. The van der Waals surface area contributed by atoms with E-state index in [0.717, 1.165) is 5.84 Å². The molecule has 0 heterocycles. The van der Waals surface area contributed by atoms with E-state index in [1.165, 1.54) is 0 Å². The first kappa shape index (κ1) is 5.47. The quantitative estimate of drug-likeness (QED) is 0.332. The monoisotopic (exact) mass is 86.1 g/mol. The fourth-order valence-electron chi connectivity index (χ4n) is 0.112. The summed E-state index contributed by atoms with van der Waals surface area (Å²) in [6, 6.07) is 0. The number of hydrogen-bond donors (Lipinski definition) is 1. The summed E-state index contributed by atoms with van der Waals surface area (Å²) in [6.07, 6.45) is 0. The molecule has 0 aromatic heterocycles. The Balaban J connectivity index is 3.22. The van der Waals surface area contributed by atoms with E-state index < -0.39 is 0 Å². The van der Waals surface area contributed by atoms with Crippen LogP contribution in [0.2, 0.25) is 0 Å². The Labute approximate surface area is 38.3 Å². The largest absolute Gasteiger partial charge is 0.377 e. The summed E-state index contributed by atoms with van der Waals surface area (Å²) >= 11 is 0. The van der Waals surface area contributed by atoms with E-state index in [0.29, 0.717) is 0 Å². The molecule has 0 fully saturated rings. The molecule has 0 saturated carbocycles. The van der Waals surface area contributed by atoms with Crippen LogP contribution in [0.5, 0.6) is 0 Å². The molecule has 0 aliphatic rings. The minimum atomic E-state index is 0.968. The minimum Gasteiger partial charge on any atom is -0.377 e. The molecule has 0 atom stereocenters. The average Bonchev–Trinajstić information content (AvgIpc) is 1.65. The van der Waals surface area contributed by atoms with Crippen molar-refractivity contribution in [1.82, 2.24) is 5.32 Å². The van der Waals surface area contributed by atoms with Crippen molar-refractivity contribution in [3.63, 3.8) is 0 Å². The van der Waals surface area contributed by atoms with Crippen LogP contribution in [-0.4, -0.2) is 19.9 Å². The highest BCUT2D eigenvalue weighted by Crippen LogP contribution is 1.59. The highest BCUT2D eigenvalue weighted by Gasteiger charge is 1.71. The maximum Gasteiger partial charge on any atom is 0.0925 e. The molecule has 0 unspecified atom stereocenters. The summed E-state index contributed by atoms with van der Waals surface area (Å²) in [6.45, 7) is 1.92. The lowest BCUT2D eigenvalue weighted by atomic mass is 10.7. The lowest BCUT2D eigenvalue weighted by Crippen LogP contribution is -2.12. The molecule has 2 heteroatoms. The summed E-state index contributed by atoms with van der Waals surface area (Å²) in [5, 5.41) is 2.86. The molecule has 0 aliphatic heterocycles. The molecule has 0 spiro atoms. The van der Waals surface area contributed by atoms with Crippen molar-refractivity contribution in [3.05, 3.63) is 0 Å². The lowest BCUT2D eigenvalue weighted by Gasteiger charge is -1.90. The number of nitrogens with one attached hydrogen (secondary N) is 1. The van der Waals surface area contributed by atoms with Gasteiger partial charge in [0.15, 0.2) is 0 Å². The van der Waals surface area contributed by atoms with Gasteiger partial charge in [0.2, 0.25) is 0 Å². The van der Waals surface area contributed by atoms with E-state index >= 15 is 0 Å². The van der Waals surface area contributed by atoms with Gasteiger partial charge in [0.1, 0.15) is 0 Å². The van der Waals surface area contributed by atoms with E-state index in [4.69, 9.17) is 0 Å². The number of hydrogen-bond acceptors (Lipinski definition) is 1. The third-order valence-electron chi connectivity index (χ3n) is 0.697. The lowest BCUT2D eigenvalue weighted by molar-refractivity contribution is 1.14. The Bertz CT molecular complexity index is 56.6. The second kappa shape index (κ2) is 2.69. The zero-order valence-corrected chi connectivity index (χ0v) is 4.45. The summed E-state index contributed by atoms with van der Waals surface area (Å²) in [4.78, 5) is 3.81. The molecule has 0 rings (SSSR count). The van der Waals surface area contributed by atoms with Crippen LogP contribution in [-0.2, 0) is 0 Å². The average molecular weight is 86.1 g/mol. The second-order valence-electron chi connectivity index (χ2n) is 1.06. The van der Waals surface area contributed by atoms with Gasteiger partial charge in [-0.05, 0) is 6.92 Å². The van der Waals surface area contributed by atoms with Gasteiger partial charge >= 0.3 is 0 Å². The number of nitrogens with zero attached hydrogens (tertiary/aromatic N) is 1. The molecule has 0 aromatic rings. The molecule has 0 aromatic carbocycles. The third-order valence-corrected chi connectivity index (χ3v) is 0.697. The van der Waals surface area contributed by atoms with Gasteiger partial charge in [0, 0.05) is 14.1 Å². The predicted octanol–water partition coefficient (Wildman–Crippen LogP) is 0.254. The Morgan fingerprint density at radius 3 is 2.17 bits per heavy atom. The molecule has 0 radical (unpaired) electrons. The summed E-state index contributed by atoms with van der Waals surface area (Å²) < 4.78 is 0. The van der Waals surface area contributed by atoms with E-state index in [1.54, 1.807) is 7.05 Å². The van der Waals surface area contributed by atoms with Crippen molar-refractivity contribution in [2.75, 3.05) is 14.1 Å². The van der Waals surface area contributed by atoms with Crippen LogP contribution < -0.4 is 5.32 Å². The van der Waals surface area contributed by atoms with Crippen LogP contribution in [0.3, 0.4) is 0 Å². The van der Waals surface area contributed by atoms with E-state index in [2.05, 4.69) is 10.3 Å². The summed E-state index contributed by atoms with van der Waals surface area (Å²) in [5.41, 5.74) is 0. The molecule has 36 valence electrons. The molecule has 0 saturated heterocycles. The van der Waals surface area contributed by atoms with Crippen LogP contribution in [0.25, 0.3) is 0 Å². The zero-order valence-electron chi connectivity index (χ0n) is 4.45. The van der Waals surface area contributed by atoms with Gasteiger partial charge in [-0.2, -0.15) is 0 Å². The number of amidine groups is 1. The summed E-state index contributed by atoms with van der Waals surface area (Å²) in [5.74, 6) is 0.968. The van der Waals surface area contributed by atoms with Crippen LogP contribution in [0, 0.1) is 0 Å². The molecule has 0 amide bonds. The van der Waals surface area contributed by atoms with Gasteiger partial charge in [-0.15, -0.1) is 0 Å². The van der Waals surface area contributed by atoms with Crippen LogP contribution >= 0.6 is 0 Å². The Morgan fingerprint density at radius 2 is 2.17 bits per heavy atom. The number of aliphatic imine (C=N–C) groups is 1. The Kier molecular flexibility index (Phi) is 2.46. The molecular formula is C4H10N2. The van der Waals surface area contributed by atoms with Crippen molar-refractivity contribution >= 4 is 5.84 Å². The number of rotatable bonds is 0. The fraction of sp³-hybridized carbons (Fsp3) is 0.750. The van der Waals surface area contributed by atoms with Crippen molar-refractivity contribution in [2.45, 2.75) is 6.92 Å². The Hall–Kier alpha value is -0.530. The first-order chi connectivity index (χ1) is 2.81. The smallest absolute Gasteiger partial charge is 0.0925 e. The van der Waals surface area contributed by atoms with Gasteiger partial charge in [0.05, 0.1) is 5.84 Å². The van der Waals surface area contributed by atoms with Crippen molar-refractivity contribution in [3.8, 4) is 0 Å². The van der Waals surface area contributed by atoms with E-state index in [9.17, 15) is 0 Å². The van der Waals surface area contributed by atoms with Crippen molar-refractivity contribution in [2.24, 2.45) is 4.99 Å². The van der Waals surface area contributed by atoms with Crippen LogP contribution in [0.1, 0.15) is 6.92 Å². The predicted molar refractivity (Wildman–Crippen MR) is 28.1 cm³/mol. The van der Waals surface area contributed by atoms with Crippen molar-refractivity contribution < 1.29 is 0 Å². The summed E-state index contributed by atoms with van der Waals surface area (Å²) in [7, 11) is 3.61. The molecule has 0 aliphatic carbocycles. The van der Waals surface area contributed by atoms with E-state index in [-0.39, 0.29) is 0 Å². The fourth-order valence-corrected chi connectivity index (χ4v) is 0.112. The topological polar surface area (TPSA) is 24.4 Å². The van der Waals surface area contributed by atoms with Gasteiger partial charge in [-0.25, -0.2) is 0 Å². The SMILES string of the molecule is C/N=C(\C)NC. The van der Waals surface area contributed by atoms with Gasteiger partial charge in [-0.1, -0.05) is 0 Å².